The number of aromatic nitrogens is 1. The molecule has 0 aliphatic carbocycles. The zero-order valence-corrected chi connectivity index (χ0v) is 13.7. The van der Waals surface area contributed by atoms with Gasteiger partial charge in [-0.3, -0.25) is 4.79 Å². The Bertz CT molecular complexity index is 581. The van der Waals surface area contributed by atoms with E-state index >= 15 is 0 Å². The largest absolute Gasteiger partial charge is 0.346 e. The zero-order valence-electron chi connectivity index (χ0n) is 11.3. The number of hydrogen-bond acceptors (Lipinski definition) is 2. The molecule has 2 heterocycles. The van der Waals surface area contributed by atoms with Crippen LogP contribution >= 0.6 is 27.3 Å². The van der Waals surface area contributed by atoms with E-state index in [9.17, 15) is 4.79 Å². The molecule has 0 bridgehead atoms. The number of aryl methyl sites for hydroxylation is 3. The second-order valence-corrected chi connectivity index (χ2v) is 6.72. The third-order valence-corrected chi connectivity index (χ3v) is 4.66. The Kier molecular flexibility index (Phi) is 4.47. The Morgan fingerprint density at radius 2 is 2.16 bits per heavy atom. The smallest absolute Gasteiger partial charge is 0.268 e. The summed E-state index contributed by atoms with van der Waals surface area (Å²) in [5, 5.41) is 2.97. The quantitative estimate of drug-likeness (QED) is 0.900. The molecule has 0 spiro atoms. The summed E-state index contributed by atoms with van der Waals surface area (Å²) in [7, 11) is 0. The summed E-state index contributed by atoms with van der Waals surface area (Å²) in [5.41, 5.74) is 1.98. The first kappa shape index (κ1) is 14.3. The number of rotatable bonds is 4. The van der Waals surface area contributed by atoms with Crippen LogP contribution in [0, 0.1) is 13.8 Å². The van der Waals surface area contributed by atoms with Crippen molar-refractivity contribution in [1.29, 1.82) is 0 Å². The van der Waals surface area contributed by atoms with E-state index in [4.69, 9.17) is 0 Å². The molecule has 0 saturated carbocycles. The van der Waals surface area contributed by atoms with Crippen molar-refractivity contribution >= 4 is 33.2 Å². The maximum Gasteiger partial charge on any atom is 0.268 e. The van der Waals surface area contributed by atoms with E-state index in [-0.39, 0.29) is 5.91 Å². The van der Waals surface area contributed by atoms with Gasteiger partial charge in [0.2, 0.25) is 0 Å². The minimum absolute atomic E-state index is 0.0312. The fraction of sp³-hybridized carbons (Fsp3) is 0.357. The molecule has 1 N–H and O–H groups in total. The number of amides is 1. The van der Waals surface area contributed by atoms with Crippen LogP contribution < -0.4 is 5.32 Å². The van der Waals surface area contributed by atoms with Crippen LogP contribution in [0.3, 0.4) is 0 Å². The Morgan fingerprint density at radius 3 is 2.74 bits per heavy atom. The summed E-state index contributed by atoms with van der Waals surface area (Å²) in [5.74, 6) is -0.0312. The molecule has 2 aromatic rings. The van der Waals surface area contributed by atoms with Gasteiger partial charge in [-0.15, -0.1) is 11.3 Å². The van der Waals surface area contributed by atoms with Gasteiger partial charge in [-0.1, -0.05) is 0 Å². The van der Waals surface area contributed by atoms with Crippen molar-refractivity contribution in [3.05, 3.63) is 43.8 Å². The third-order valence-electron chi connectivity index (χ3n) is 3.08. The fourth-order valence-electron chi connectivity index (χ4n) is 1.92. The fourth-order valence-corrected chi connectivity index (χ4v) is 3.38. The van der Waals surface area contributed by atoms with Crippen LogP contribution in [0.2, 0.25) is 0 Å². The Balaban J connectivity index is 2.05. The highest BCUT2D eigenvalue weighted by Gasteiger charge is 2.12. The van der Waals surface area contributed by atoms with Gasteiger partial charge in [0.1, 0.15) is 5.69 Å². The molecule has 0 saturated heterocycles. The first-order valence-corrected chi connectivity index (χ1v) is 7.82. The van der Waals surface area contributed by atoms with Gasteiger partial charge in [-0.05, 0) is 54.4 Å². The normalized spacial score (nSPS) is 10.7. The molecule has 19 heavy (non-hydrogen) atoms. The summed E-state index contributed by atoms with van der Waals surface area (Å²) in [6.07, 6.45) is 1.92. The Hall–Kier alpha value is -1.07. The predicted octanol–water partition coefficient (Wildman–Crippen LogP) is 3.88. The molecular weight excluding hydrogens is 324 g/mol. The SMILES string of the molecule is CCn1cc(Br)cc1C(=O)NCc1cc(C)c(C)s1. The van der Waals surface area contributed by atoms with E-state index in [1.807, 2.05) is 23.8 Å². The van der Waals surface area contributed by atoms with Crippen molar-refractivity contribution in [3.8, 4) is 0 Å². The third kappa shape index (κ3) is 3.28. The lowest BCUT2D eigenvalue weighted by atomic mass is 10.3. The van der Waals surface area contributed by atoms with E-state index in [1.54, 1.807) is 11.3 Å². The van der Waals surface area contributed by atoms with Gasteiger partial charge >= 0.3 is 0 Å². The average Bonchev–Trinajstić information content (AvgIpc) is 2.90. The molecule has 1 amide bonds. The van der Waals surface area contributed by atoms with Crippen molar-refractivity contribution in [3.63, 3.8) is 0 Å². The summed E-state index contributed by atoms with van der Waals surface area (Å²) in [6, 6.07) is 3.98. The van der Waals surface area contributed by atoms with Gasteiger partial charge in [-0.25, -0.2) is 0 Å². The number of nitrogens with one attached hydrogen (secondary N) is 1. The van der Waals surface area contributed by atoms with Crippen molar-refractivity contribution in [1.82, 2.24) is 9.88 Å². The standard InChI is InChI=1S/C14H17BrN2OS/c1-4-17-8-11(15)6-13(17)14(18)16-7-12-5-9(2)10(3)19-12/h5-6,8H,4,7H2,1-3H3,(H,16,18). The number of nitrogens with zero attached hydrogens (tertiary/aromatic N) is 1. The molecule has 0 aliphatic rings. The molecular formula is C14H17BrN2OS. The van der Waals surface area contributed by atoms with E-state index < -0.39 is 0 Å². The minimum Gasteiger partial charge on any atom is -0.346 e. The van der Waals surface area contributed by atoms with E-state index in [2.05, 4.69) is 41.2 Å². The summed E-state index contributed by atoms with van der Waals surface area (Å²) in [4.78, 5) is 14.7. The molecule has 0 fully saturated rings. The molecule has 0 unspecified atom stereocenters. The van der Waals surface area contributed by atoms with Crippen LogP contribution in [0.25, 0.3) is 0 Å². The highest BCUT2D eigenvalue weighted by molar-refractivity contribution is 9.10. The van der Waals surface area contributed by atoms with Gasteiger partial charge in [0.05, 0.1) is 6.54 Å². The Morgan fingerprint density at radius 1 is 1.42 bits per heavy atom. The van der Waals surface area contributed by atoms with Crippen LogP contribution in [0.1, 0.15) is 32.7 Å². The summed E-state index contributed by atoms with van der Waals surface area (Å²) >= 11 is 5.14. The van der Waals surface area contributed by atoms with Crippen LogP contribution in [-0.2, 0) is 13.1 Å². The van der Waals surface area contributed by atoms with E-state index in [0.29, 0.717) is 12.2 Å². The second kappa shape index (κ2) is 5.92. The van der Waals surface area contributed by atoms with Gasteiger partial charge in [0.15, 0.2) is 0 Å². The van der Waals surface area contributed by atoms with E-state index in [1.165, 1.54) is 15.3 Å². The molecule has 102 valence electrons. The maximum absolute atomic E-state index is 12.2. The van der Waals surface area contributed by atoms with Crippen LogP contribution in [0.4, 0.5) is 0 Å². The molecule has 0 aliphatic heterocycles. The van der Waals surface area contributed by atoms with Gasteiger partial charge < -0.3 is 9.88 Å². The lowest BCUT2D eigenvalue weighted by molar-refractivity contribution is 0.0942. The van der Waals surface area contributed by atoms with Crippen molar-refractivity contribution in [2.24, 2.45) is 0 Å². The topological polar surface area (TPSA) is 34.0 Å². The number of halogens is 1. The molecule has 2 aromatic heterocycles. The lowest BCUT2D eigenvalue weighted by Gasteiger charge is -2.06. The second-order valence-electron chi connectivity index (χ2n) is 4.46. The lowest BCUT2D eigenvalue weighted by Crippen LogP contribution is -2.24. The Labute approximate surface area is 125 Å². The van der Waals surface area contributed by atoms with Crippen molar-refractivity contribution in [2.75, 3.05) is 0 Å². The highest BCUT2D eigenvalue weighted by atomic mass is 79.9. The van der Waals surface area contributed by atoms with Crippen molar-refractivity contribution < 1.29 is 4.79 Å². The number of carbonyl (C=O) groups excluding carboxylic acids is 1. The number of carbonyl (C=O) groups is 1. The summed E-state index contributed by atoms with van der Waals surface area (Å²) in [6.45, 7) is 7.59. The molecule has 0 aromatic carbocycles. The monoisotopic (exact) mass is 340 g/mol. The molecule has 2 rings (SSSR count). The number of hydrogen-bond donors (Lipinski definition) is 1. The molecule has 0 atom stereocenters. The van der Waals surface area contributed by atoms with Crippen LogP contribution in [0.15, 0.2) is 22.8 Å². The maximum atomic E-state index is 12.2. The van der Waals surface area contributed by atoms with Crippen LogP contribution in [-0.4, -0.2) is 10.5 Å². The van der Waals surface area contributed by atoms with Crippen molar-refractivity contribution in [2.45, 2.75) is 33.9 Å². The molecule has 5 heteroatoms. The highest BCUT2D eigenvalue weighted by Crippen LogP contribution is 2.20. The predicted molar refractivity (Wildman–Crippen MR) is 82.8 cm³/mol. The molecule has 3 nitrogen and oxygen atoms in total. The van der Waals surface area contributed by atoms with E-state index in [0.717, 1.165) is 11.0 Å². The molecule has 0 radical (unpaired) electrons. The summed E-state index contributed by atoms with van der Waals surface area (Å²) < 4.78 is 2.87. The first-order chi connectivity index (χ1) is 9.01. The van der Waals surface area contributed by atoms with Crippen LogP contribution in [0.5, 0.6) is 0 Å². The number of thiophene rings is 1. The average molecular weight is 341 g/mol. The van der Waals surface area contributed by atoms with Gasteiger partial charge in [-0.2, -0.15) is 0 Å². The van der Waals surface area contributed by atoms with Gasteiger partial charge in [0, 0.05) is 27.0 Å². The minimum atomic E-state index is -0.0312. The van der Waals surface area contributed by atoms with Gasteiger partial charge in [0.25, 0.3) is 5.91 Å². The first-order valence-electron chi connectivity index (χ1n) is 6.21. The zero-order chi connectivity index (χ0) is 14.0.